The fourth-order valence-corrected chi connectivity index (χ4v) is 3.31. The van der Waals surface area contributed by atoms with Crippen molar-refractivity contribution in [3.8, 4) is 11.5 Å². The maximum Gasteiger partial charge on any atom is 0.262 e. The van der Waals surface area contributed by atoms with Gasteiger partial charge in [0.15, 0.2) is 0 Å². The van der Waals surface area contributed by atoms with Crippen LogP contribution in [0.3, 0.4) is 0 Å². The summed E-state index contributed by atoms with van der Waals surface area (Å²) in [5.74, 6) is 0.380. The molecule has 2 aromatic carbocycles. The van der Waals surface area contributed by atoms with E-state index in [1.54, 1.807) is 0 Å². The first-order chi connectivity index (χ1) is 10.4. The number of phenols is 2. The maximum atomic E-state index is 11.4. The molecule has 0 bridgehead atoms. The van der Waals surface area contributed by atoms with Gasteiger partial charge in [-0.2, -0.15) is 0 Å². The van der Waals surface area contributed by atoms with Gasteiger partial charge >= 0.3 is 0 Å². The standard InChI is InChI=1S/C9H5I2NO.C6H5IO2/c10-7-5-3-1-2-4-6(5)12-9(13)8(7)11;7-5-3-4(8)1-2-6(5)9/h1-4H,(H,12,13);1-3,8-9H. The number of phenolic OH excluding ortho intramolecular Hbond substituents is 2. The molecule has 0 amide bonds. The summed E-state index contributed by atoms with van der Waals surface area (Å²) in [5.41, 5.74) is 0.890. The Hall–Kier alpha value is -0.560. The van der Waals surface area contributed by atoms with E-state index in [2.05, 4.69) is 50.2 Å². The number of fused-ring (bicyclic) bond motifs is 1. The van der Waals surface area contributed by atoms with E-state index in [9.17, 15) is 4.79 Å². The van der Waals surface area contributed by atoms with Gasteiger partial charge in [-0.25, -0.2) is 0 Å². The molecule has 114 valence electrons. The van der Waals surface area contributed by atoms with Crippen LogP contribution in [0.1, 0.15) is 0 Å². The first-order valence-corrected chi connectivity index (χ1v) is 9.27. The number of benzene rings is 2. The van der Waals surface area contributed by atoms with Crippen LogP contribution in [0.4, 0.5) is 0 Å². The van der Waals surface area contributed by atoms with Crippen LogP contribution in [-0.2, 0) is 0 Å². The third kappa shape index (κ3) is 4.25. The molecule has 0 unspecified atom stereocenters. The number of hydrogen-bond acceptors (Lipinski definition) is 3. The van der Waals surface area contributed by atoms with E-state index >= 15 is 0 Å². The van der Waals surface area contributed by atoms with Crippen LogP contribution in [0, 0.1) is 10.7 Å². The molecule has 0 saturated carbocycles. The fraction of sp³-hybridized carbons (Fsp3) is 0. The third-order valence-electron chi connectivity index (χ3n) is 2.74. The molecule has 0 fully saturated rings. The van der Waals surface area contributed by atoms with Gasteiger partial charge in [0, 0.05) is 14.5 Å². The van der Waals surface area contributed by atoms with Crippen molar-refractivity contribution in [3.63, 3.8) is 0 Å². The number of aromatic amines is 1. The van der Waals surface area contributed by atoms with E-state index in [0.29, 0.717) is 3.57 Å². The molecule has 0 spiro atoms. The Kier molecular flexibility index (Phi) is 6.32. The Bertz CT molecular complexity index is 878. The predicted molar refractivity (Wildman–Crippen MR) is 112 cm³/mol. The lowest BCUT2D eigenvalue weighted by molar-refractivity contribution is 0.457. The van der Waals surface area contributed by atoms with Crippen molar-refractivity contribution < 1.29 is 10.2 Å². The van der Waals surface area contributed by atoms with Crippen molar-refractivity contribution in [3.05, 3.63) is 63.5 Å². The first-order valence-electron chi connectivity index (χ1n) is 6.03. The number of H-pyrrole nitrogens is 1. The summed E-state index contributed by atoms with van der Waals surface area (Å²) in [4.78, 5) is 14.2. The van der Waals surface area contributed by atoms with Crippen LogP contribution < -0.4 is 5.56 Å². The second-order valence-electron chi connectivity index (χ2n) is 4.26. The van der Waals surface area contributed by atoms with Gasteiger partial charge in [0.25, 0.3) is 5.56 Å². The molecule has 0 aliphatic heterocycles. The summed E-state index contributed by atoms with van der Waals surface area (Å²) in [7, 11) is 0. The van der Waals surface area contributed by atoms with E-state index < -0.39 is 0 Å². The van der Waals surface area contributed by atoms with Gasteiger partial charge in [0.1, 0.15) is 11.5 Å². The van der Waals surface area contributed by atoms with Gasteiger partial charge in [0.05, 0.1) is 7.14 Å². The van der Waals surface area contributed by atoms with E-state index in [4.69, 9.17) is 10.2 Å². The highest BCUT2D eigenvalue weighted by Crippen LogP contribution is 2.23. The Morgan fingerprint density at radius 3 is 2.23 bits per heavy atom. The Labute approximate surface area is 167 Å². The lowest BCUT2D eigenvalue weighted by Crippen LogP contribution is -2.11. The maximum absolute atomic E-state index is 11.4. The zero-order valence-electron chi connectivity index (χ0n) is 11.0. The summed E-state index contributed by atoms with van der Waals surface area (Å²) in [6.07, 6.45) is 0. The second-order valence-corrected chi connectivity index (χ2v) is 7.58. The molecule has 0 aliphatic carbocycles. The van der Waals surface area contributed by atoms with E-state index in [1.165, 1.54) is 18.2 Å². The summed E-state index contributed by atoms with van der Waals surface area (Å²) in [5, 5.41) is 18.9. The molecule has 4 nitrogen and oxygen atoms in total. The number of halogens is 3. The molecule has 1 aromatic heterocycles. The van der Waals surface area contributed by atoms with Gasteiger partial charge < -0.3 is 15.2 Å². The highest BCUT2D eigenvalue weighted by molar-refractivity contribution is 14.1. The molecule has 1 heterocycles. The molecule has 0 radical (unpaired) electrons. The predicted octanol–water partition coefficient (Wildman–Crippen LogP) is 4.44. The zero-order chi connectivity index (χ0) is 16.3. The van der Waals surface area contributed by atoms with Crippen molar-refractivity contribution >= 4 is 78.7 Å². The van der Waals surface area contributed by atoms with Gasteiger partial charge in [-0.1, -0.05) is 18.2 Å². The normalized spacial score (nSPS) is 10.1. The number of pyridine rings is 1. The first kappa shape index (κ1) is 17.8. The number of nitrogens with one attached hydrogen (secondary N) is 1. The highest BCUT2D eigenvalue weighted by atomic mass is 127. The Morgan fingerprint density at radius 1 is 0.909 bits per heavy atom. The molecule has 22 heavy (non-hydrogen) atoms. The SMILES string of the molecule is O=c1[nH]c2ccccc2c(I)c1I.Oc1ccc(O)c(I)c1. The highest BCUT2D eigenvalue weighted by Gasteiger charge is 2.05. The van der Waals surface area contributed by atoms with Crippen molar-refractivity contribution in [1.29, 1.82) is 0 Å². The molecule has 7 heteroatoms. The van der Waals surface area contributed by atoms with Gasteiger partial charge in [-0.05, 0) is 92.0 Å². The number of aromatic hydroxyl groups is 2. The van der Waals surface area contributed by atoms with E-state index in [-0.39, 0.29) is 17.1 Å². The van der Waals surface area contributed by atoms with Crippen LogP contribution in [0.15, 0.2) is 47.3 Å². The molecule has 3 rings (SSSR count). The monoisotopic (exact) mass is 633 g/mol. The topological polar surface area (TPSA) is 73.3 Å². The third-order valence-corrected chi connectivity index (χ3v) is 6.78. The van der Waals surface area contributed by atoms with E-state index in [1.807, 2.05) is 46.9 Å². The number of hydrogen-bond donors (Lipinski definition) is 3. The molecule has 3 N–H and O–H groups in total. The summed E-state index contributed by atoms with van der Waals surface area (Å²) in [6.45, 7) is 0. The molecular weight excluding hydrogens is 623 g/mol. The van der Waals surface area contributed by atoms with Gasteiger partial charge in [-0.3, -0.25) is 4.79 Å². The van der Waals surface area contributed by atoms with Crippen molar-refractivity contribution in [2.24, 2.45) is 0 Å². The summed E-state index contributed by atoms with van der Waals surface area (Å²) >= 11 is 6.21. The second kappa shape index (κ2) is 7.81. The number of rotatable bonds is 0. The lowest BCUT2D eigenvalue weighted by Gasteiger charge is -2.01. The quantitative estimate of drug-likeness (QED) is 0.254. The molecular formula is C15H10I3NO3. The molecule has 0 saturated heterocycles. The Balaban J connectivity index is 0.000000172. The van der Waals surface area contributed by atoms with Crippen molar-refractivity contribution in [2.45, 2.75) is 0 Å². The van der Waals surface area contributed by atoms with E-state index in [0.717, 1.165) is 18.0 Å². The minimum absolute atomic E-state index is 0.0105. The summed E-state index contributed by atoms with van der Waals surface area (Å²) < 4.78 is 2.45. The molecule has 3 aromatic rings. The van der Waals surface area contributed by atoms with Crippen molar-refractivity contribution in [2.75, 3.05) is 0 Å². The van der Waals surface area contributed by atoms with Crippen LogP contribution in [-0.4, -0.2) is 15.2 Å². The lowest BCUT2D eigenvalue weighted by atomic mass is 10.2. The Morgan fingerprint density at radius 2 is 1.59 bits per heavy atom. The number of para-hydroxylation sites is 1. The van der Waals surface area contributed by atoms with Crippen LogP contribution in [0.25, 0.3) is 10.9 Å². The minimum atomic E-state index is -0.0105. The minimum Gasteiger partial charge on any atom is -0.508 e. The van der Waals surface area contributed by atoms with Crippen molar-refractivity contribution in [1.82, 2.24) is 4.98 Å². The van der Waals surface area contributed by atoms with Crippen LogP contribution in [0.5, 0.6) is 11.5 Å². The molecule has 0 atom stereocenters. The van der Waals surface area contributed by atoms with Crippen LogP contribution >= 0.6 is 67.8 Å². The summed E-state index contributed by atoms with van der Waals surface area (Å²) in [6, 6.07) is 12.2. The zero-order valence-corrected chi connectivity index (χ0v) is 17.5. The van der Waals surface area contributed by atoms with Gasteiger partial charge in [-0.15, -0.1) is 0 Å². The van der Waals surface area contributed by atoms with Crippen LogP contribution in [0.2, 0.25) is 0 Å². The average molecular weight is 633 g/mol. The van der Waals surface area contributed by atoms with Gasteiger partial charge in [0.2, 0.25) is 0 Å². The smallest absolute Gasteiger partial charge is 0.262 e. The fourth-order valence-electron chi connectivity index (χ4n) is 1.67. The average Bonchev–Trinajstić information content (AvgIpc) is 2.50. The molecule has 0 aliphatic rings. The largest absolute Gasteiger partial charge is 0.508 e. The number of aromatic nitrogens is 1.